The zero-order valence-corrected chi connectivity index (χ0v) is 15.9. The topological polar surface area (TPSA) is 43.6 Å². The first-order chi connectivity index (χ1) is 12.0. The van der Waals surface area contributed by atoms with Crippen LogP contribution in [0.3, 0.4) is 0 Å². The second kappa shape index (κ2) is 7.52. The molecule has 0 N–H and O–H groups in total. The molecule has 0 unspecified atom stereocenters. The molecule has 3 rings (SSSR count). The predicted octanol–water partition coefficient (Wildman–Crippen LogP) is 4.36. The zero-order chi connectivity index (χ0) is 18.0. The number of halogens is 1. The van der Waals surface area contributed by atoms with Gasteiger partial charge in [0.25, 0.3) is 5.91 Å². The monoisotopic (exact) mass is 374 g/mol. The van der Waals surface area contributed by atoms with Gasteiger partial charge >= 0.3 is 0 Å². The van der Waals surface area contributed by atoms with Gasteiger partial charge in [-0.15, -0.1) is 0 Å². The van der Waals surface area contributed by atoms with Crippen molar-refractivity contribution in [1.82, 2.24) is 4.57 Å². The molecule has 1 aromatic heterocycles. The van der Waals surface area contributed by atoms with E-state index in [2.05, 4.69) is 4.99 Å². The van der Waals surface area contributed by atoms with E-state index in [1.54, 1.807) is 7.11 Å². The normalized spacial score (nSPS) is 12.1. The predicted molar refractivity (Wildman–Crippen MR) is 103 cm³/mol. The molecule has 1 amide bonds. The van der Waals surface area contributed by atoms with Gasteiger partial charge in [0.15, 0.2) is 4.80 Å². The SMILES string of the molecule is COCCn1c(=NC(=O)c2cc(C)ccc2C)sc2cccc(Cl)c21. The number of ether oxygens (including phenoxy) is 1. The molecule has 0 bridgehead atoms. The van der Waals surface area contributed by atoms with Gasteiger partial charge in [0, 0.05) is 19.2 Å². The van der Waals surface area contributed by atoms with Crippen molar-refractivity contribution in [1.29, 1.82) is 0 Å². The van der Waals surface area contributed by atoms with Crippen LogP contribution in [0.1, 0.15) is 21.5 Å². The molecule has 0 aliphatic rings. The summed E-state index contributed by atoms with van der Waals surface area (Å²) < 4.78 is 8.15. The number of rotatable bonds is 4. The molecule has 2 aromatic carbocycles. The van der Waals surface area contributed by atoms with E-state index < -0.39 is 0 Å². The molecule has 0 saturated heterocycles. The number of methoxy groups -OCH3 is 1. The van der Waals surface area contributed by atoms with E-state index in [9.17, 15) is 4.79 Å². The maximum atomic E-state index is 12.7. The first kappa shape index (κ1) is 17.9. The number of amides is 1. The lowest BCUT2D eigenvalue weighted by atomic mass is 10.1. The Morgan fingerprint density at radius 1 is 1.28 bits per heavy atom. The number of fused-ring (bicyclic) bond motifs is 1. The number of carbonyl (C=O) groups is 1. The minimum atomic E-state index is -0.241. The molecule has 1 heterocycles. The molecular weight excluding hydrogens is 356 g/mol. The zero-order valence-electron chi connectivity index (χ0n) is 14.4. The summed E-state index contributed by atoms with van der Waals surface area (Å²) in [6.45, 7) is 4.98. The fourth-order valence-electron chi connectivity index (χ4n) is 2.68. The standard InChI is InChI=1S/C19H19ClN2O2S/c1-12-7-8-13(2)14(11-12)18(23)21-19-22(9-10-24-3)17-15(20)5-4-6-16(17)25-19/h4-8,11H,9-10H2,1-3H3. The third-order valence-corrected chi connectivity index (χ3v) is 5.34. The minimum absolute atomic E-state index is 0.241. The Morgan fingerprint density at radius 2 is 2.08 bits per heavy atom. The molecule has 3 aromatic rings. The first-order valence-electron chi connectivity index (χ1n) is 7.94. The number of hydrogen-bond donors (Lipinski definition) is 0. The number of aryl methyl sites for hydroxylation is 2. The van der Waals surface area contributed by atoms with Gasteiger partial charge in [0.1, 0.15) is 0 Å². The van der Waals surface area contributed by atoms with Crippen molar-refractivity contribution in [2.45, 2.75) is 20.4 Å². The van der Waals surface area contributed by atoms with Crippen LogP contribution in [-0.4, -0.2) is 24.2 Å². The minimum Gasteiger partial charge on any atom is -0.383 e. The van der Waals surface area contributed by atoms with Gasteiger partial charge in [0.05, 0.1) is 21.8 Å². The van der Waals surface area contributed by atoms with Crippen LogP contribution in [0.25, 0.3) is 10.2 Å². The van der Waals surface area contributed by atoms with Gasteiger partial charge in [-0.1, -0.05) is 46.7 Å². The highest BCUT2D eigenvalue weighted by Crippen LogP contribution is 2.25. The Labute approximate surface area is 155 Å². The Hall–Kier alpha value is -1.95. The van der Waals surface area contributed by atoms with Crippen molar-refractivity contribution >= 4 is 39.1 Å². The van der Waals surface area contributed by atoms with Crippen LogP contribution in [-0.2, 0) is 11.3 Å². The first-order valence-corrected chi connectivity index (χ1v) is 9.14. The molecule has 0 aliphatic heterocycles. The van der Waals surface area contributed by atoms with Crippen molar-refractivity contribution in [3.63, 3.8) is 0 Å². The largest absolute Gasteiger partial charge is 0.383 e. The molecule has 0 radical (unpaired) electrons. The van der Waals surface area contributed by atoms with E-state index in [1.807, 2.05) is 54.8 Å². The third kappa shape index (κ3) is 3.68. The van der Waals surface area contributed by atoms with Crippen molar-refractivity contribution in [2.75, 3.05) is 13.7 Å². The summed E-state index contributed by atoms with van der Waals surface area (Å²) in [4.78, 5) is 17.8. The molecule has 0 atom stereocenters. The summed E-state index contributed by atoms with van der Waals surface area (Å²) in [5.41, 5.74) is 3.47. The van der Waals surface area contributed by atoms with Crippen LogP contribution in [0.15, 0.2) is 41.4 Å². The fraction of sp³-hybridized carbons (Fsp3) is 0.263. The van der Waals surface area contributed by atoms with Gasteiger partial charge in [0.2, 0.25) is 0 Å². The van der Waals surface area contributed by atoms with E-state index in [-0.39, 0.29) is 5.91 Å². The van der Waals surface area contributed by atoms with Crippen molar-refractivity contribution in [2.24, 2.45) is 4.99 Å². The maximum absolute atomic E-state index is 12.7. The second-order valence-corrected chi connectivity index (χ2v) is 7.27. The van der Waals surface area contributed by atoms with E-state index >= 15 is 0 Å². The second-order valence-electron chi connectivity index (χ2n) is 5.85. The maximum Gasteiger partial charge on any atom is 0.279 e. The summed E-state index contributed by atoms with van der Waals surface area (Å²) in [5, 5.41) is 0.644. The smallest absolute Gasteiger partial charge is 0.279 e. The number of para-hydroxylation sites is 1. The number of nitrogens with zero attached hydrogens (tertiary/aromatic N) is 2. The molecule has 0 spiro atoms. The quantitative estimate of drug-likeness (QED) is 0.681. The highest BCUT2D eigenvalue weighted by Gasteiger charge is 2.13. The average Bonchev–Trinajstić information content (AvgIpc) is 2.93. The molecule has 4 nitrogen and oxygen atoms in total. The summed E-state index contributed by atoms with van der Waals surface area (Å²) >= 11 is 7.83. The Morgan fingerprint density at radius 3 is 2.84 bits per heavy atom. The van der Waals surface area contributed by atoms with E-state index in [0.717, 1.165) is 21.3 Å². The number of carbonyl (C=O) groups excluding carboxylic acids is 1. The lowest BCUT2D eigenvalue weighted by Gasteiger charge is -2.06. The van der Waals surface area contributed by atoms with Crippen LogP contribution in [0.5, 0.6) is 0 Å². The van der Waals surface area contributed by atoms with E-state index in [4.69, 9.17) is 16.3 Å². The van der Waals surface area contributed by atoms with E-state index in [1.165, 1.54) is 11.3 Å². The van der Waals surface area contributed by atoms with E-state index in [0.29, 0.717) is 28.5 Å². The number of hydrogen-bond acceptors (Lipinski definition) is 3. The molecule has 6 heteroatoms. The summed E-state index contributed by atoms with van der Waals surface area (Å²) in [6.07, 6.45) is 0. The van der Waals surface area contributed by atoms with Gasteiger partial charge in [-0.05, 0) is 37.6 Å². The molecule has 25 heavy (non-hydrogen) atoms. The van der Waals surface area contributed by atoms with Crippen LogP contribution in [0, 0.1) is 13.8 Å². The highest BCUT2D eigenvalue weighted by molar-refractivity contribution is 7.16. The third-order valence-electron chi connectivity index (χ3n) is 3.99. The highest BCUT2D eigenvalue weighted by atomic mass is 35.5. The van der Waals surface area contributed by atoms with Crippen LogP contribution in [0.4, 0.5) is 0 Å². The van der Waals surface area contributed by atoms with Crippen molar-refractivity contribution in [3.8, 4) is 0 Å². The van der Waals surface area contributed by atoms with Crippen LogP contribution >= 0.6 is 22.9 Å². The molecule has 0 fully saturated rings. The summed E-state index contributed by atoms with van der Waals surface area (Å²) in [6, 6.07) is 11.5. The molecule has 0 aliphatic carbocycles. The van der Waals surface area contributed by atoms with Crippen LogP contribution < -0.4 is 4.80 Å². The number of thiazole rings is 1. The summed E-state index contributed by atoms with van der Waals surface area (Å²) in [5.74, 6) is -0.241. The average molecular weight is 375 g/mol. The van der Waals surface area contributed by atoms with Gasteiger partial charge in [-0.2, -0.15) is 4.99 Å². The lowest BCUT2D eigenvalue weighted by molar-refractivity contribution is 0.0996. The molecule has 0 saturated carbocycles. The van der Waals surface area contributed by atoms with Crippen LogP contribution in [0.2, 0.25) is 5.02 Å². The Balaban J connectivity index is 2.16. The van der Waals surface area contributed by atoms with Gasteiger partial charge < -0.3 is 9.30 Å². The Kier molecular flexibility index (Phi) is 5.37. The fourth-order valence-corrected chi connectivity index (χ4v) is 4.09. The van der Waals surface area contributed by atoms with Crippen molar-refractivity contribution in [3.05, 3.63) is 62.9 Å². The van der Waals surface area contributed by atoms with Gasteiger partial charge in [-0.3, -0.25) is 4.79 Å². The summed E-state index contributed by atoms with van der Waals surface area (Å²) in [7, 11) is 1.65. The van der Waals surface area contributed by atoms with Gasteiger partial charge in [-0.25, -0.2) is 0 Å². The Bertz CT molecular complexity index is 1000. The molecule has 130 valence electrons. The number of benzene rings is 2. The van der Waals surface area contributed by atoms with Crippen molar-refractivity contribution < 1.29 is 9.53 Å². The number of aromatic nitrogens is 1. The lowest BCUT2D eigenvalue weighted by Crippen LogP contribution is -2.19. The molecular formula is C19H19ClN2O2S.